The Morgan fingerprint density at radius 3 is 2.43 bits per heavy atom. The SMILES string of the molecule is CCP(=O)(CC)c1ccc(-c2cc(C(=O)O)cc([N+](=O)[O-])c2)o1. The van der Waals surface area contributed by atoms with Crippen LogP contribution in [0.4, 0.5) is 5.69 Å². The maximum Gasteiger partial charge on any atom is 0.335 e. The summed E-state index contributed by atoms with van der Waals surface area (Å²) in [5.74, 6) is -1.01. The number of nitro groups is 1. The molecule has 0 atom stereocenters. The van der Waals surface area contributed by atoms with Crippen molar-refractivity contribution in [2.45, 2.75) is 13.8 Å². The first-order valence-corrected chi connectivity index (χ1v) is 9.10. The molecule has 0 aliphatic rings. The molecule has 2 aromatic rings. The first-order valence-electron chi connectivity index (χ1n) is 7.02. The van der Waals surface area contributed by atoms with E-state index in [0.29, 0.717) is 17.8 Å². The van der Waals surface area contributed by atoms with Crippen LogP contribution in [0.5, 0.6) is 0 Å². The average Bonchev–Trinajstić information content (AvgIpc) is 3.04. The molecule has 1 N–H and O–H groups in total. The lowest BCUT2D eigenvalue weighted by molar-refractivity contribution is -0.384. The largest absolute Gasteiger partial charge is 0.478 e. The minimum Gasteiger partial charge on any atom is -0.478 e. The number of carboxylic acids is 1. The van der Waals surface area contributed by atoms with Crippen molar-refractivity contribution in [3.63, 3.8) is 0 Å². The van der Waals surface area contributed by atoms with Crippen molar-refractivity contribution in [1.29, 1.82) is 0 Å². The average molecular weight is 337 g/mol. The van der Waals surface area contributed by atoms with Crippen LogP contribution < -0.4 is 5.50 Å². The second-order valence-corrected chi connectivity index (χ2v) is 8.47. The van der Waals surface area contributed by atoms with Crippen LogP contribution in [0, 0.1) is 10.1 Å². The van der Waals surface area contributed by atoms with Crippen molar-refractivity contribution in [2.75, 3.05) is 12.3 Å². The van der Waals surface area contributed by atoms with Gasteiger partial charge in [-0.25, -0.2) is 4.79 Å². The minimum atomic E-state index is -2.61. The molecule has 8 heteroatoms. The number of furan rings is 1. The molecule has 1 heterocycles. The predicted molar refractivity (Wildman–Crippen MR) is 86.1 cm³/mol. The molecule has 0 saturated carbocycles. The van der Waals surface area contributed by atoms with E-state index >= 15 is 0 Å². The van der Waals surface area contributed by atoms with E-state index in [4.69, 9.17) is 9.52 Å². The zero-order valence-electron chi connectivity index (χ0n) is 12.7. The van der Waals surface area contributed by atoms with Gasteiger partial charge in [0, 0.05) is 30.0 Å². The maximum atomic E-state index is 12.7. The van der Waals surface area contributed by atoms with Crippen LogP contribution in [0.1, 0.15) is 24.2 Å². The molecule has 0 aliphatic carbocycles. The molecule has 2 rings (SSSR count). The summed E-state index contributed by atoms with van der Waals surface area (Å²) in [6.45, 7) is 3.62. The number of carboxylic acid groups (broad SMARTS) is 1. The highest BCUT2D eigenvalue weighted by molar-refractivity contribution is 7.71. The minimum absolute atomic E-state index is 0.207. The van der Waals surface area contributed by atoms with Crippen LogP contribution in [0.3, 0.4) is 0 Å². The lowest BCUT2D eigenvalue weighted by Gasteiger charge is -2.10. The summed E-state index contributed by atoms with van der Waals surface area (Å²) in [6, 6.07) is 6.65. The summed E-state index contributed by atoms with van der Waals surface area (Å²) in [5.41, 5.74) is 0.0656. The van der Waals surface area contributed by atoms with Gasteiger partial charge in [-0.1, -0.05) is 13.8 Å². The number of benzene rings is 1. The number of nitrogens with zero attached hydrogens (tertiary/aromatic N) is 1. The number of rotatable bonds is 6. The molecule has 23 heavy (non-hydrogen) atoms. The van der Waals surface area contributed by atoms with Gasteiger partial charge in [0.25, 0.3) is 5.69 Å². The number of carbonyl (C=O) groups is 1. The summed E-state index contributed by atoms with van der Waals surface area (Å²) in [6.07, 6.45) is 0.900. The van der Waals surface area contributed by atoms with Crippen LogP contribution in [0.15, 0.2) is 34.7 Å². The molecule has 0 unspecified atom stereocenters. The van der Waals surface area contributed by atoms with Gasteiger partial charge in [-0.3, -0.25) is 10.1 Å². The molecule has 1 aromatic carbocycles. The molecule has 1 aromatic heterocycles. The van der Waals surface area contributed by atoms with E-state index in [2.05, 4.69) is 0 Å². The molecule has 0 bridgehead atoms. The lowest BCUT2D eigenvalue weighted by Crippen LogP contribution is -2.05. The van der Waals surface area contributed by atoms with Crippen LogP contribution in [-0.4, -0.2) is 28.3 Å². The summed E-state index contributed by atoms with van der Waals surface area (Å²) < 4.78 is 18.3. The van der Waals surface area contributed by atoms with Gasteiger partial charge < -0.3 is 14.1 Å². The van der Waals surface area contributed by atoms with Crippen molar-refractivity contribution in [3.8, 4) is 11.3 Å². The van der Waals surface area contributed by atoms with Crippen molar-refractivity contribution < 1.29 is 23.8 Å². The molecular formula is C15H16NO6P. The van der Waals surface area contributed by atoms with Crippen molar-refractivity contribution in [1.82, 2.24) is 0 Å². The topological polar surface area (TPSA) is 111 Å². The van der Waals surface area contributed by atoms with Gasteiger partial charge in [0.05, 0.1) is 10.5 Å². The number of hydrogen-bond donors (Lipinski definition) is 1. The van der Waals surface area contributed by atoms with Gasteiger partial charge in [-0.2, -0.15) is 0 Å². The second-order valence-electron chi connectivity index (χ2n) is 4.99. The van der Waals surface area contributed by atoms with Crippen molar-refractivity contribution in [2.24, 2.45) is 0 Å². The molecule has 0 fully saturated rings. The van der Waals surface area contributed by atoms with Crippen LogP contribution in [0.25, 0.3) is 11.3 Å². The van der Waals surface area contributed by atoms with Gasteiger partial charge in [-0.15, -0.1) is 0 Å². The molecule has 0 saturated heterocycles. The lowest BCUT2D eigenvalue weighted by atomic mass is 10.1. The summed E-state index contributed by atoms with van der Waals surface area (Å²) in [5, 5.41) is 20.0. The van der Waals surface area contributed by atoms with Gasteiger partial charge in [0.2, 0.25) is 0 Å². The van der Waals surface area contributed by atoms with Crippen molar-refractivity contribution >= 4 is 24.3 Å². The third-order valence-corrected chi connectivity index (χ3v) is 6.76. The summed E-state index contributed by atoms with van der Waals surface area (Å²) >= 11 is 0. The zero-order chi connectivity index (χ0) is 17.2. The number of nitro benzene ring substituents is 1. The number of non-ortho nitro benzene ring substituents is 1. The predicted octanol–water partition coefficient (Wildman–Crippen LogP) is 3.58. The quantitative estimate of drug-likeness (QED) is 0.490. The smallest absolute Gasteiger partial charge is 0.335 e. The molecule has 122 valence electrons. The molecule has 0 amide bonds. The Kier molecular flexibility index (Phi) is 4.71. The van der Waals surface area contributed by atoms with Gasteiger partial charge in [0.15, 0.2) is 5.50 Å². The van der Waals surface area contributed by atoms with Gasteiger partial charge in [0.1, 0.15) is 12.9 Å². The fourth-order valence-corrected chi connectivity index (χ4v) is 3.90. The van der Waals surface area contributed by atoms with E-state index in [0.717, 1.165) is 6.07 Å². The zero-order valence-corrected chi connectivity index (χ0v) is 13.6. The summed E-state index contributed by atoms with van der Waals surface area (Å²) in [7, 11) is -2.61. The monoisotopic (exact) mass is 337 g/mol. The Hall–Kier alpha value is -2.40. The van der Waals surface area contributed by atoms with Crippen LogP contribution in [0.2, 0.25) is 0 Å². The van der Waals surface area contributed by atoms with E-state index < -0.39 is 18.0 Å². The fourth-order valence-electron chi connectivity index (χ4n) is 2.22. The van der Waals surface area contributed by atoms with E-state index in [9.17, 15) is 19.5 Å². The highest BCUT2D eigenvalue weighted by atomic mass is 31.2. The Morgan fingerprint density at radius 1 is 1.26 bits per heavy atom. The highest BCUT2D eigenvalue weighted by Gasteiger charge is 2.25. The molecular weight excluding hydrogens is 321 g/mol. The third-order valence-electron chi connectivity index (χ3n) is 3.68. The number of hydrogen-bond acceptors (Lipinski definition) is 5. The Balaban J connectivity index is 2.55. The molecule has 7 nitrogen and oxygen atoms in total. The summed E-state index contributed by atoms with van der Waals surface area (Å²) in [4.78, 5) is 21.4. The highest BCUT2D eigenvalue weighted by Crippen LogP contribution is 2.44. The molecule has 0 spiro atoms. The fraction of sp³-hybridized carbons (Fsp3) is 0.267. The Bertz CT molecular complexity index is 770. The maximum absolute atomic E-state index is 12.7. The number of aromatic carboxylic acids is 1. The third kappa shape index (κ3) is 3.35. The van der Waals surface area contributed by atoms with E-state index in [-0.39, 0.29) is 22.6 Å². The van der Waals surface area contributed by atoms with Crippen molar-refractivity contribution in [3.05, 3.63) is 46.0 Å². The van der Waals surface area contributed by atoms with Crippen LogP contribution >= 0.6 is 7.14 Å². The van der Waals surface area contributed by atoms with E-state index in [1.54, 1.807) is 12.1 Å². The Morgan fingerprint density at radius 2 is 1.91 bits per heavy atom. The second kappa shape index (κ2) is 6.38. The normalized spacial score (nSPS) is 11.4. The van der Waals surface area contributed by atoms with Crippen LogP contribution in [-0.2, 0) is 4.57 Å². The first kappa shape index (κ1) is 17.0. The van der Waals surface area contributed by atoms with E-state index in [1.807, 2.05) is 13.8 Å². The van der Waals surface area contributed by atoms with Gasteiger partial charge >= 0.3 is 5.97 Å². The van der Waals surface area contributed by atoms with Gasteiger partial charge in [-0.05, 0) is 18.2 Å². The molecule has 0 radical (unpaired) electrons. The first-order chi connectivity index (χ1) is 10.8. The van der Waals surface area contributed by atoms with E-state index in [1.165, 1.54) is 12.1 Å². The standard InChI is InChI=1S/C15H16NO6P/c1-3-23(21,4-2)14-6-5-13(22-14)10-7-11(15(17)18)9-12(8-10)16(19)20/h5-9H,3-4H2,1-2H3,(H,17,18). The Labute approximate surface area is 132 Å². The molecule has 0 aliphatic heterocycles.